The predicted octanol–water partition coefficient (Wildman–Crippen LogP) is 2.22. The van der Waals surface area contributed by atoms with Crippen LogP contribution in [0.3, 0.4) is 0 Å². The van der Waals surface area contributed by atoms with Crippen molar-refractivity contribution < 1.29 is 9.53 Å². The quantitative estimate of drug-likeness (QED) is 0.864. The van der Waals surface area contributed by atoms with Crippen LogP contribution in [0.25, 0.3) is 10.6 Å². The second-order valence-corrected chi connectivity index (χ2v) is 6.13. The Morgan fingerprint density at radius 1 is 1.50 bits per heavy atom. The van der Waals surface area contributed by atoms with Crippen LogP contribution < -0.4 is 0 Å². The van der Waals surface area contributed by atoms with Gasteiger partial charge in [-0.2, -0.15) is 0 Å². The highest BCUT2D eigenvalue weighted by molar-refractivity contribution is 7.13. The van der Waals surface area contributed by atoms with Crippen molar-refractivity contribution in [3.63, 3.8) is 0 Å². The SMILES string of the molecule is COCC(=O)N1CCC[C@@H]1c1cncc(-c2scnc2C)n1. The van der Waals surface area contributed by atoms with Gasteiger partial charge in [0.1, 0.15) is 12.3 Å². The molecule has 0 aliphatic carbocycles. The Labute approximate surface area is 133 Å². The minimum Gasteiger partial charge on any atom is -0.375 e. The van der Waals surface area contributed by atoms with Crippen LogP contribution in [0.2, 0.25) is 0 Å². The van der Waals surface area contributed by atoms with Gasteiger partial charge in [0.2, 0.25) is 5.91 Å². The maximum Gasteiger partial charge on any atom is 0.249 e. The molecule has 0 radical (unpaired) electrons. The molecule has 1 fully saturated rings. The summed E-state index contributed by atoms with van der Waals surface area (Å²) >= 11 is 1.55. The molecule has 0 aromatic carbocycles. The average molecular weight is 318 g/mol. The second kappa shape index (κ2) is 6.50. The molecule has 1 saturated heterocycles. The van der Waals surface area contributed by atoms with E-state index in [1.807, 2.05) is 17.3 Å². The summed E-state index contributed by atoms with van der Waals surface area (Å²) in [5.74, 6) is 0.00572. The first-order valence-electron chi connectivity index (χ1n) is 7.21. The summed E-state index contributed by atoms with van der Waals surface area (Å²) in [5.41, 5.74) is 4.43. The molecule has 6 nitrogen and oxygen atoms in total. The van der Waals surface area contributed by atoms with Crippen LogP contribution >= 0.6 is 11.3 Å². The van der Waals surface area contributed by atoms with Crippen molar-refractivity contribution in [1.29, 1.82) is 0 Å². The number of nitrogens with zero attached hydrogens (tertiary/aromatic N) is 4. The first-order chi connectivity index (χ1) is 10.7. The fourth-order valence-corrected chi connectivity index (χ4v) is 3.54. The summed E-state index contributed by atoms with van der Waals surface area (Å²) in [6.07, 6.45) is 5.39. The van der Waals surface area contributed by atoms with Gasteiger partial charge in [0.05, 0.1) is 40.2 Å². The van der Waals surface area contributed by atoms with E-state index in [2.05, 4.69) is 9.97 Å². The number of likely N-dealkylation sites (tertiary alicyclic amines) is 1. The van der Waals surface area contributed by atoms with Crippen LogP contribution in [0, 0.1) is 6.92 Å². The zero-order chi connectivity index (χ0) is 15.5. The summed E-state index contributed by atoms with van der Waals surface area (Å²) < 4.78 is 4.96. The summed E-state index contributed by atoms with van der Waals surface area (Å²) in [4.78, 5) is 28.3. The Morgan fingerprint density at radius 2 is 2.36 bits per heavy atom. The van der Waals surface area contributed by atoms with E-state index in [1.54, 1.807) is 23.7 Å². The van der Waals surface area contributed by atoms with Gasteiger partial charge < -0.3 is 9.64 Å². The number of methoxy groups -OCH3 is 1. The standard InChI is InChI=1S/C15H18N4O2S/c1-10-15(22-9-17-10)12-7-16-6-11(18-12)13-4-3-5-19(13)14(20)8-21-2/h6-7,9,13H,3-5,8H2,1-2H3/t13-/m1/s1. The van der Waals surface area contributed by atoms with Gasteiger partial charge in [-0.1, -0.05) is 0 Å². The van der Waals surface area contributed by atoms with E-state index in [0.717, 1.165) is 41.3 Å². The molecule has 116 valence electrons. The van der Waals surface area contributed by atoms with Crippen molar-refractivity contribution in [2.45, 2.75) is 25.8 Å². The van der Waals surface area contributed by atoms with Gasteiger partial charge in [0.15, 0.2) is 0 Å². The van der Waals surface area contributed by atoms with Gasteiger partial charge in [-0.15, -0.1) is 11.3 Å². The first-order valence-corrected chi connectivity index (χ1v) is 8.09. The molecule has 1 amide bonds. The number of hydrogen-bond acceptors (Lipinski definition) is 6. The summed E-state index contributed by atoms with van der Waals surface area (Å²) in [7, 11) is 1.54. The Morgan fingerprint density at radius 3 is 3.09 bits per heavy atom. The second-order valence-electron chi connectivity index (χ2n) is 5.27. The molecule has 3 heterocycles. The number of aromatic nitrogens is 3. The highest BCUT2D eigenvalue weighted by Gasteiger charge is 2.31. The number of carbonyl (C=O) groups is 1. The van der Waals surface area contributed by atoms with E-state index >= 15 is 0 Å². The smallest absolute Gasteiger partial charge is 0.249 e. The van der Waals surface area contributed by atoms with Crippen LogP contribution in [-0.4, -0.2) is 46.0 Å². The summed E-state index contributed by atoms with van der Waals surface area (Å²) in [6, 6.07) is -0.0108. The highest BCUT2D eigenvalue weighted by atomic mass is 32.1. The number of thiazole rings is 1. The van der Waals surface area contributed by atoms with Gasteiger partial charge in [-0.3, -0.25) is 9.78 Å². The minimum absolute atomic E-state index is 0.00572. The molecular formula is C15H18N4O2S. The Hall–Kier alpha value is -1.86. The summed E-state index contributed by atoms with van der Waals surface area (Å²) in [5, 5.41) is 0. The molecule has 2 aromatic rings. The first kappa shape index (κ1) is 15.1. The molecule has 0 spiro atoms. The van der Waals surface area contributed by atoms with Crippen LogP contribution in [0.1, 0.15) is 30.3 Å². The largest absolute Gasteiger partial charge is 0.375 e. The molecular weight excluding hydrogens is 300 g/mol. The van der Waals surface area contributed by atoms with E-state index < -0.39 is 0 Å². The molecule has 1 aliphatic rings. The molecule has 1 atom stereocenters. The lowest BCUT2D eigenvalue weighted by molar-refractivity contribution is -0.136. The predicted molar refractivity (Wildman–Crippen MR) is 83.4 cm³/mol. The zero-order valence-electron chi connectivity index (χ0n) is 12.7. The van der Waals surface area contributed by atoms with Gasteiger partial charge in [0.25, 0.3) is 0 Å². The number of aryl methyl sites for hydroxylation is 1. The van der Waals surface area contributed by atoms with E-state index in [4.69, 9.17) is 9.72 Å². The molecule has 22 heavy (non-hydrogen) atoms. The average Bonchev–Trinajstić information content (AvgIpc) is 3.16. The maximum atomic E-state index is 12.1. The van der Waals surface area contributed by atoms with Crippen LogP contribution in [-0.2, 0) is 9.53 Å². The number of amides is 1. The zero-order valence-corrected chi connectivity index (χ0v) is 13.5. The van der Waals surface area contributed by atoms with Gasteiger partial charge in [0, 0.05) is 13.7 Å². The van der Waals surface area contributed by atoms with Crippen LogP contribution in [0.5, 0.6) is 0 Å². The number of hydrogen-bond donors (Lipinski definition) is 0. The molecule has 0 saturated carbocycles. The van der Waals surface area contributed by atoms with Gasteiger partial charge in [-0.05, 0) is 19.8 Å². The van der Waals surface area contributed by atoms with Gasteiger partial charge >= 0.3 is 0 Å². The number of rotatable bonds is 4. The van der Waals surface area contributed by atoms with E-state index in [-0.39, 0.29) is 18.6 Å². The van der Waals surface area contributed by atoms with Crippen molar-refractivity contribution in [2.75, 3.05) is 20.3 Å². The summed E-state index contributed by atoms with van der Waals surface area (Å²) in [6.45, 7) is 2.82. The third-order valence-electron chi connectivity index (χ3n) is 3.81. The number of ether oxygens (including phenoxy) is 1. The lowest BCUT2D eigenvalue weighted by Gasteiger charge is -2.24. The lowest BCUT2D eigenvalue weighted by atomic mass is 10.1. The van der Waals surface area contributed by atoms with Crippen molar-refractivity contribution in [1.82, 2.24) is 19.9 Å². The fraction of sp³-hybridized carbons (Fsp3) is 0.467. The molecule has 1 aliphatic heterocycles. The maximum absolute atomic E-state index is 12.1. The minimum atomic E-state index is -0.0108. The molecule has 7 heteroatoms. The third-order valence-corrected chi connectivity index (χ3v) is 4.76. The normalized spacial score (nSPS) is 17.9. The monoisotopic (exact) mass is 318 g/mol. The highest BCUT2D eigenvalue weighted by Crippen LogP contribution is 2.32. The molecule has 2 aromatic heterocycles. The topological polar surface area (TPSA) is 68.2 Å². The van der Waals surface area contributed by atoms with Crippen LogP contribution in [0.15, 0.2) is 17.9 Å². The molecule has 0 N–H and O–H groups in total. The lowest BCUT2D eigenvalue weighted by Crippen LogP contribution is -2.33. The van der Waals surface area contributed by atoms with Crippen molar-refractivity contribution >= 4 is 17.2 Å². The van der Waals surface area contributed by atoms with E-state index in [1.165, 1.54) is 7.11 Å². The molecule has 0 unspecified atom stereocenters. The van der Waals surface area contributed by atoms with Gasteiger partial charge in [-0.25, -0.2) is 9.97 Å². The molecule has 3 rings (SSSR count). The fourth-order valence-electron chi connectivity index (χ4n) is 2.78. The van der Waals surface area contributed by atoms with Crippen LogP contribution in [0.4, 0.5) is 0 Å². The molecule has 0 bridgehead atoms. The Kier molecular flexibility index (Phi) is 4.44. The van der Waals surface area contributed by atoms with E-state index in [0.29, 0.717) is 0 Å². The van der Waals surface area contributed by atoms with E-state index in [9.17, 15) is 4.79 Å². The van der Waals surface area contributed by atoms with Crippen molar-refractivity contribution in [2.24, 2.45) is 0 Å². The van der Waals surface area contributed by atoms with Crippen molar-refractivity contribution in [3.8, 4) is 10.6 Å². The van der Waals surface area contributed by atoms with Crippen molar-refractivity contribution in [3.05, 3.63) is 29.3 Å². The Balaban J connectivity index is 1.88. The number of carbonyl (C=O) groups excluding carboxylic acids is 1. The third kappa shape index (κ3) is 2.86. The Bertz CT molecular complexity index is 673.